The zero-order chi connectivity index (χ0) is 21.8. The van der Waals surface area contributed by atoms with Gasteiger partial charge in [0.2, 0.25) is 0 Å². The SMILES string of the molecule is COC(=O)c1c(NC(=O)c2ccccc2Cl)sc(C(=O)Nc2ccc(F)cc2)c1C. The summed E-state index contributed by atoms with van der Waals surface area (Å²) in [7, 11) is 1.21. The summed E-state index contributed by atoms with van der Waals surface area (Å²) in [5, 5.41) is 5.68. The van der Waals surface area contributed by atoms with Crippen LogP contribution in [0.5, 0.6) is 0 Å². The van der Waals surface area contributed by atoms with Crippen molar-refractivity contribution >= 4 is 51.4 Å². The molecule has 154 valence electrons. The number of ether oxygens (including phenoxy) is 1. The summed E-state index contributed by atoms with van der Waals surface area (Å²) >= 11 is 6.99. The molecule has 0 saturated heterocycles. The number of methoxy groups -OCH3 is 1. The topological polar surface area (TPSA) is 84.5 Å². The molecule has 6 nitrogen and oxygen atoms in total. The van der Waals surface area contributed by atoms with E-state index in [1.54, 1.807) is 25.1 Å². The van der Waals surface area contributed by atoms with Crippen molar-refractivity contribution in [3.05, 3.63) is 80.9 Å². The Morgan fingerprint density at radius 1 is 1.00 bits per heavy atom. The lowest BCUT2D eigenvalue weighted by atomic mass is 10.1. The normalized spacial score (nSPS) is 10.4. The predicted molar refractivity (Wildman–Crippen MR) is 114 cm³/mol. The molecule has 0 fully saturated rings. The van der Waals surface area contributed by atoms with Gasteiger partial charge in [-0.25, -0.2) is 9.18 Å². The monoisotopic (exact) mass is 446 g/mol. The van der Waals surface area contributed by atoms with Crippen LogP contribution in [0.4, 0.5) is 15.1 Å². The molecule has 0 unspecified atom stereocenters. The van der Waals surface area contributed by atoms with Crippen LogP contribution in [0.1, 0.15) is 36.0 Å². The minimum absolute atomic E-state index is 0.0761. The third-order valence-corrected chi connectivity index (χ3v) is 5.73. The van der Waals surface area contributed by atoms with Crippen molar-refractivity contribution in [2.75, 3.05) is 17.7 Å². The van der Waals surface area contributed by atoms with E-state index in [9.17, 15) is 18.8 Å². The maximum Gasteiger partial charge on any atom is 0.341 e. The van der Waals surface area contributed by atoms with Crippen molar-refractivity contribution in [3.8, 4) is 0 Å². The van der Waals surface area contributed by atoms with Crippen LogP contribution >= 0.6 is 22.9 Å². The average Bonchev–Trinajstić information content (AvgIpc) is 3.05. The number of hydrogen-bond donors (Lipinski definition) is 2. The maximum absolute atomic E-state index is 13.1. The Labute approximate surface area is 180 Å². The van der Waals surface area contributed by atoms with E-state index < -0.39 is 23.6 Å². The molecule has 0 aliphatic carbocycles. The molecule has 0 bridgehead atoms. The van der Waals surface area contributed by atoms with Gasteiger partial charge in [0.05, 0.1) is 28.1 Å². The first kappa shape index (κ1) is 21.5. The van der Waals surface area contributed by atoms with Crippen LogP contribution in [0.2, 0.25) is 5.02 Å². The first-order chi connectivity index (χ1) is 14.3. The van der Waals surface area contributed by atoms with E-state index >= 15 is 0 Å². The Balaban J connectivity index is 1.94. The van der Waals surface area contributed by atoms with E-state index in [1.807, 2.05) is 0 Å². The first-order valence-electron chi connectivity index (χ1n) is 8.66. The molecule has 0 atom stereocenters. The minimum atomic E-state index is -0.695. The molecular weight excluding hydrogens is 431 g/mol. The molecule has 30 heavy (non-hydrogen) atoms. The molecule has 2 aromatic carbocycles. The van der Waals surface area contributed by atoms with Crippen LogP contribution in [-0.4, -0.2) is 24.9 Å². The van der Waals surface area contributed by atoms with E-state index in [1.165, 1.54) is 37.4 Å². The lowest BCUT2D eigenvalue weighted by molar-refractivity contribution is 0.0601. The predicted octanol–water partition coefficient (Wildman–Crippen LogP) is 5.14. The molecule has 0 spiro atoms. The number of benzene rings is 2. The summed E-state index contributed by atoms with van der Waals surface area (Å²) in [4.78, 5) is 37.9. The Hall–Kier alpha value is -3.23. The van der Waals surface area contributed by atoms with E-state index in [0.29, 0.717) is 11.3 Å². The number of carbonyl (C=O) groups is 3. The van der Waals surface area contributed by atoms with Gasteiger partial charge in [-0.05, 0) is 48.9 Å². The quantitative estimate of drug-likeness (QED) is 0.531. The number of hydrogen-bond acceptors (Lipinski definition) is 5. The van der Waals surface area contributed by atoms with Crippen molar-refractivity contribution in [2.24, 2.45) is 0 Å². The highest BCUT2D eigenvalue weighted by Gasteiger charge is 2.27. The summed E-state index contributed by atoms with van der Waals surface area (Å²) < 4.78 is 17.9. The van der Waals surface area contributed by atoms with Gasteiger partial charge >= 0.3 is 5.97 Å². The zero-order valence-corrected chi connectivity index (χ0v) is 17.5. The van der Waals surface area contributed by atoms with E-state index in [4.69, 9.17) is 16.3 Å². The molecule has 3 aromatic rings. The first-order valence-corrected chi connectivity index (χ1v) is 9.85. The summed E-state index contributed by atoms with van der Waals surface area (Å²) in [6.07, 6.45) is 0. The van der Waals surface area contributed by atoms with Crippen molar-refractivity contribution in [3.63, 3.8) is 0 Å². The highest BCUT2D eigenvalue weighted by atomic mass is 35.5. The Kier molecular flexibility index (Phi) is 6.49. The van der Waals surface area contributed by atoms with Gasteiger partial charge in [-0.15, -0.1) is 11.3 Å². The van der Waals surface area contributed by atoms with E-state index in [0.717, 1.165) is 11.3 Å². The van der Waals surface area contributed by atoms with Gasteiger partial charge < -0.3 is 15.4 Å². The van der Waals surface area contributed by atoms with Crippen molar-refractivity contribution in [1.29, 1.82) is 0 Å². The van der Waals surface area contributed by atoms with Gasteiger partial charge in [0, 0.05) is 5.69 Å². The molecule has 9 heteroatoms. The van der Waals surface area contributed by atoms with Crippen LogP contribution in [0, 0.1) is 12.7 Å². The van der Waals surface area contributed by atoms with Crippen LogP contribution in [0.3, 0.4) is 0 Å². The molecule has 3 rings (SSSR count). The number of nitrogens with one attached hydrogen (secondary N) is 2. The molecule has 1 heterocycles. The number of halogens is 2. The molecule has 2 amide bonds. The third-order valence-electron chi connectivity index (χ3n) is 4.19. The molecule has 2 N–H and O–H groups in total. The summed E-state index contributed by atoms with van der Waals surface area (Å²) in [6, 6.07) is 11.7. The minimum Gasteiger partial charge on any atom is -0.465 e. The lowest BCUT2D eigenvalue weighted by Gasteiger charge is -2.07. The fraction of sp³-hybridized carbons (Fsp3) is 0.0952. The highest BCUT2D eigenvalue weighted by Crippen LogP contribution is 2.35. The average molecular weight is 447 g/mol. The van der Waals surface area contributed by atoms with Gasteiger partial charge in [-0.1, -0.05) is 23.7 Å². The molecule has 0 aliphatic rings. The van der Waals surface area contributed by atoms with Crippen molar-refractivity contribution < 1.29 is 23.5 Å². The second-order valence-corrected chi connectivity index (χ2v) is 7.57. The van der Waals surface area contributed by atoms with Crippen molar-refractivity contribution in [2.45, 2.75) is 6.92 Å². The Morgan fingerprint density at radius 3 is 2.30 bits per heavy atom. The molecule has 0 radical (unpaired) electrons. The van der Waals surface area contributed by atoms with E-state index in [2.05, 4.69) is 10.6 Å². The van der Waals surface area contributed by atoms with Crippen LogP contribution in [0.15, 0.2) is 48.5 Å². The molecule has 0 saturated carbocycles. The molecular formula is C21H16ClFN2O4S. The summed E-state index contributed by atoms with van der Waals surface area (Å²) in [5.74, 6) is -2.16. The lowest BCUT2D eigenvalue weighted by Crippen LogP contribution is -2.14. The summed E-state index contributed by atoms with van der Waals surface area (Å²) in [6.45, 7) is 1.58. The number of rotatable bonds is 5. The molecule has 1 aromatic heterocycles. The fourth-order valence-corrected chi connectivity index (χ4v) is 4.01. The zero-order valence-electron chi connectivity index (χ0n) is 15.9. The standard InChI is InChI=1S/C21H16ClFN2O4S/c1-11-16(21(28)29-2)20(25-18(26)14-5-3-4-6-15(14)22)30-17(11)19(27)24-13-9-7-12(23)8-10-13/h3-10H,1-2H3,(H,24,27)(H,25,26). The third kappa shape index (κ3) is 4.50. The Bertz CT molecular complexity index is 1130. The second-order valence-electron chi connectivity index (χ2n) is 6.15. The molecule has 0 aliphatic heterocycles. The number of esters is 1. The second kappa shape index (κ2) is 9.06. The highest BCUT2D eigenvalue weighted by molar-refractivity contribution is 7.19. The van der Waals surface area contributed by atoms with Crippen molar-refractivity contribution in [1.82, 2.24) is 0 Å². The van der Waals surface area contributed by atoms with Crippen LogP contribution < -0.4 is 10.6 Å². The number of anilines is 2. The number of amides is 2. The van der Waals surface area contributed by atoms with Gasteiger partial charge in [-0.2, -0.15) is 0 Å². The smallest absolute Gasteiger partial charge is 0.341 e. The van der Waals surface area contributed by atoms with Crippen LogP contribution in [0.25, 0.3) is 0 Å². The van der Waals surface area contributed by atoms with Gasteiger partial charge in [0.15, 0.2) is 0 Å². The van der Waals surface area contributed by atoms with Gasteiger partial charge in [-0.3, -0.25) is 9.59 Å². The van der Waals surface area contributed by atoms with Gasteiger partial charge in [0.25, 0.3) is 11.8 Å². The maximum atomic E-state index is 13.1. The largest absolute Gasteiger partial charge is 0.465 e. The fourth-order valence-electron chi connectivity index (χ4n) is 2.70. The van der Waals surface area contributed by atoms with E-state index in [-0.39, 0.29) is 26.0 Å². The number of thiophene rings is 1. The number of carbonyl (C=O) groups excluding carboxylic acids is 3. The summed E-state index contributed by atoms with van der Waals surface area (Å²) in [5.41, 5.74) is 1.03. The Morgan fingerprint density at radius 2 is 1.67 bits per heavy atom. The van der Waals surface area contributed by atoms with Crippen LogP contribution in [-0.2, 0) is 4.74 Å². The van der Waals surface area contributed by atoms with Gasteiger partial charge in [0.1, 0.15) is 10.8 Å².